The molecule has 6 rings (SSSR count). The lowest BCUT2D eigenvalue weighted by Gasteiger charge is -2.27. The Hall–Kier alpha value is -3.98. The first-order chi connectivity index (χ1) is 19.0. The molecule has 0 bridgehead atoms. The molecule has 2 aromatic carbocycles. The zero-order chi connectivity index (χ0) is 26.9. The minimum absolute atomic E-state index is 0.0228. The molecule has 202 valence electrons. The van der Waals surface area contributed by atoms with Crippen LogP contribution in [0.15, 0.2) is 60.9 Å². The summed E-state index contributed by atoms with van der Waals surface area (Å²) in [5, 5.41) is 22.7. The van der Waals surface area contributed by atoms with Gasteiger partial charge in [0, 0.05) is 32.2 Å². The molecule has 0 spiro atoms. The zero-order valence-electron chi connectivity index (χ0n) is 22.2. The maximum Gasteiger partial charge on any atom is 0.339 e. The van der Waals surface area contributed by atoms with Crippen molar-refractivity contribution < 1.29 is 19.4 Å². The number of hydrogen-bond acceptors (Lipinski definition) is 6. The largest absolute Gasteiger partial charge is 0.493 e. The molecule has 2 fully saturated rings. The number of carbonyl (C=O) groups is 1. The third kappa shape index (κ3) is 5.31. The van der Waals surface area contributed by atoms with E-state index in [0.717, 1.165) is 60.4 Å². The Bertz CT molecular complexity index is 1470. The highest BCUT2D eigenvalue weighted by Gasteiger charge is 2.46. The van der Waals surface area contributed by atoms with Crippen molar-refractivity contribution in [3.8, 4) is 22.6 Å². The van der Waals surface area contributed by atoms with Crippen LogP contribution in [0.5, 0.6) is 5.75 Å². The van der Waals surface area contributed by atoms with E-state index in [2.05, 4.69) is 33.6 Å². The van der Waals surface area contributed by atoms with Gasteiger partial charge in [-0.3, -0.25) is 4.68 Å². The number of rotatable bonds is 9. The quantitative estimate of drug-likeness (QED) is 0.318. The second-order valence-electron chi connectivity index (χ2n) is 10.7. The van der Waals surface area contributed by atoms with E-state index in [9.17, 15) is 9.90 Å². The Morgan fingerprint density at radius 1 is 1.05 bits per heavy atom. The lowest BCUT2D eigenvalue weighted by molar-refractivity contribution is 0.0482. The number of methoxy groups -OCH3 is 1. The van der Waals surface area contributed by atoms with Crippen LogP contribution in [-0.2, 0) is 11.8 Å². The van der Waals surface area contributed by atoms with Gasteiger partial charge in [0.2, 0.25) is 0 Å². The maximum absolute atomic E-state index is 12.1. The molecule has 2 heterocycles. The first kappa shape index (κ1) is 25.3. The van der Waals surface area contributed by atoms with Gasteiger partial charge in [-0.2, -0.15) is 5.10 Å². The van der Waals surface area contributed by atoms with E-state index in [1.165, 1.54) is 6.20 Å². The normalized spacial score (nSPS) is 22.5. The minimum atomic E-state index is -0.974. The van der Waals surface area contributed by atoms with Gasteiger partial charge in [-0.05, 0) is 73.4 Å². The molecule has 9 nitrogen and oxygen atoms in total. The van der Waals surface area contributed by atoms with E-state index in [1.807, 2.05) is 43.6 Å². The van der Waals surface area contributed by atoms with Crippen molar-refractivity contribution in [3.05, 3.63) is 77.9 Å². The van der Waals surface area contributed by atoms with Crippen LogP contribution in [0, 0.1) is 5.92 Å². The van der Waals surface area contributed by atoms with E-state index in [1.54, 1.807) is 16.5 Å². The van der Waals surface area contributed by atoms with Gasteiger partial charge in [0.15, 0.2) is 0 Å². The average molecular weight is 528 g/mol. The molecule has 2 atom stereocenters. The molecule has 0 aliphatic heterocycles. The Labute approximate surface area is 227 Å². The van der Waals surface area contributed by atoms with E-state index >= 15 is 0 Å². The van der Waals surface area contributed by atoms with Gasteiger partial charge in [-0.25, -0.2) is 9.48 Å². The van der Waals surface area contributed by atoms with Gasteiger partial charge in [0.1, 0.15) is 11.3 Å². The van der Waals surface area contributed by atoms with Crippen LogP contribution in [0.2, 0.25) is 0 Å². The highest BCUT2D eigenvalue weighted by atomic mass is 16.5. The number of hydrogen-bond donors (Lipinski definition) is 1. The van der Waals surface area contributed by atoms with Gasteiger partial charge in [-0.1, -0.05) is 29.5 Å². The van der Waals surface area contributed by atoms with Gasteiger partial charge >= 0.3 is 5.97 Å². The van der Waals surface area contributed by atoms with Crippen LogP contribution in [0.4, 0.5) is 0 Å². The zero-order valence-corrected chi connectivity index (χ0v) is 22.2. The summed E-state index contributed by atoms with van der Waals surface area (Å²) in [4.78, 5) is 12.1. The van der Waals surface area contributed by atoms with Crippen LogP contribution in [0.1, 0.15) is 65.7 Å². The summed E-state index contributed by atoms with van der Waals surface area (Å²) in [5.74, 6) is 0.587. The maximum atomic E-state index is 12.1. The highest BCUT2D eigenvalue weighted by molar-refractivity contribution is 5.89. The second kappa shape index (κ2) is 10.6. The van der Waals surface area contributed by atoms with Crippen LogP contribution >= 0.6 is 0 Å². The summed E-state index contributed by atoms with van der Waals surface area (Å²) in [5.41, 5.74) is 4.68. The molecule has 39 heavy (non-hydrogen) atoms. The summed E-state index contributed by atoms with van der Waals surface area (Å²) < 4.78 is 15.1. The average Bonchev–Trinajstić information content (AvgIpc) is 3.41. The van der Waals surface area contributed by atoms with Crippen LogP contribution < -0.4 is 4.74 Å². The molecule has 0 saturated heterocycles. The van der Waals surface area contributed by atoms with Gasteiger partial charge in [0.25, 0.3) is 0 Å². The topological polar surface area (TPSA) is 104 Å². The molecule has 1 N–H and O–H groups in total. The fourth-order valence-corrected chi connectivity index (χ4v) is 5.78. The second-order valence-corrected chi connectivity index (χ2v) is 10.7. The van der Waals surface area contributed by atoms with Crippen LogP contribution in [-0.4, -0.2) is 55.7 Å². The number of ether oxygens (including phenoxy) is 2. The molecule has 0 unspecified atom stereocenters. The lowest BCUT2D eigenvalue weighted by atomic mass is 9.88. The Morgan fingerprint density at radius 3 is 2.54 bits per heavy atom. The number of nitrogens with zero attached hydrogens (tertiary/aromatic N) is 5. The van der Waals surface area contributed by atoms with Crippen LogP contribution in [0.25, 0.3) is 16.8 Å². The third-order valence-corrected chi connectivity index (χ3v) is 8.05. The Morgan fingerprint density at radius 2 is 1.82 bits per heavy atom. The fraction of sp³-hybridized carbons (Fsp3) is 0.400. The number of carboxylic acids is 1. The summed E-state index contributed by atoms with van der Waals surface area (Å²) >= 11 is 0. The first-order valence-corrected chi connectivity index (χ1v) is 13.5. The summed E-state index contributed by atoms with van der Waals surface area (Å²) in [6.45, 7) is 0.711. The van der Waals surface area contributed by atoms with Crippen molar-refractivity contribution in [2.75, 3.05) is 13.7 Å². The number of benzene rings is 2. The standard InChI is InChI=1S/C30H33N5O4/c1-34-17-28(32-33-34)25-15-26(25)29-27(30(36)37)16-31-35(29)22-7-3-5-20(13-22)21-6-4-8-24(14-21)39-18-19-9-11-23(38-2)12-10-19/h3-8,13-14,16-17,19,23,25-26H,9-12,15,18H2,1-2H3,(H,36,37)/t19-,23-,25-,26-/m0/s1. The summed E-state index contributed by atoms with van der Waals surface area (Å²) in [6, 6.07) is 16.2. The summed E-state index contributed by atoms with van der Waals surface area (Å²) in [6.07, 6.45) is 8.99. The lowest BCUT2D eigenvalue weighted by Crippen LogP contribution is -2.24. The number of carboxylic acid groups (broad SMARTS) is 1. The molecule has 2 aliphatic carbocycles. The predicted molar refractivity (Wildman–Crippen MR) is 145 cm³/mol. The Balaban J connectivity index is 1.22. The van der Waals surface area contributed by atoms with Crippen LogP contribution in [0.3, 0.4) is 0 Å². The molecule has 0 radical (unpaired) electrons. The van der Waals surface area contributed by atoms with Crippen molar-refractivity contribution >= 4 is 5.97 Å². The van der Waals surface area contributed by atoms with E-state index < -0.39 is 5.97 Å². The molecule has 9 heteroatoms. The SMILES string of the molecule is CO[C@H]1CC[C@H](COc2cccc(-c3cccc(-n4ncc(C(=O)O)c4[C@H]4C[C@@H]4c4cn(C)nn4)c3)c2)CC1. The number of aryl methyl sites for hydroxylation is 1. The molecule has 2 aliphatic rings. The fourth-order valence-electron chi connectivity index (χ4n) is 5.78. The van der Waals surface area contributed by atoms with E-state index in [4.69, 9.17) is 9.47 Å². The van der Waals surface area contributed by atoms with E-state index in [0.29, 0.717) is 24.3 Å². The molecular formula is C30H33N5O4. The molecular weight excluding hydrogens is 494 g/mol. The Kier molecular flexibility index (Phi) is 6.91. The highest BCUT2D eigenvalue weighted by Crippen LogP contribution is 2.55. The van der Waals surface area contributed by atoms with Crippen molar-refractivity contribution in [2.45, 2.75) is 50.0 Å². The molecule has 2 aromatic heterocycles. The van der Waals surface area contributed by atoms with Gasteiger partial charge < -0.3 is 14.6 Å². The van der Waals surface area contributed by atoms with Crippen molar-refractivity contribution in [1.29, 1.82) is 0 Å². The molecule has 0 amide bonds. The third-order valence-electron chi connectivity index (χ3n) is 8.05. The van der Waals surface area contributed by atoms with E-state index in [-0.39, 0.29) is 17.4 Å². The van der Waals surface area contributed by atoms with Crippen molar-refractivity contribution in [3.63, 3.8) is 0 Å². The first-order valence-electron chi connectivity index (χ1n) is 13.5. The van der Waals surface area contributed by atoms with Crippen molar-refractivity contribution in [2.24, 2.45) is 13.0 Å². The van der Waals surface area contributed by atoms with Crippen molar-refractivity contribution in [1.82, 2.24) is 24.8 Å². The molecule has 2 saturated carbocycles. The summed E-state index contributed by atoms with van der Waals surface area (Å²) in [7, 11) is 3.63. The smallest absolute Gasteiger partial charge is 0.339 e. The minimum Gasteiger partial charge on any atom is -0.493 e. The predicted octanol–water partition coefficient (Wildman–Crippen LogP) is 5.22. The van der Waals surface area contributed by atoms with Gasteiger partial charge in [0.05, 0.1) is 36.0 Å². The molecule has 4 aromatic rings. The monoisotopic (exact) mass is 527 g/mol. The number of aromatic carboxylic acids is 1. The number of aromatic nitrogens is 5. The van der Waals surface area contributed by atoms with Gasteiger partial charge in [-0.15, -0.1) is 5.10 Å².